The van der Waals surface area contributed by atoms with Crippen LogP contribution in [-0.2, 0) is 0 Å². The predicted octanol–water partition coefficient (Wildman–Crippen LogP) is 4.08. The maximum atomic E-state index is 6.40. The second-order valence-corrected chi connectivity index (χ2v) is 6.50. The fourth-order valence-corrected chi connectivity index (χ4v) is 3.01. The molecule has 0 aliphatic carbocycles. The quantitative estimate of drug-likeness (QED) is 0.896. The molecule has 1 aliphatic rings. The van der Waals surface area contributed by atoms with Gasteiger partial charge >= 0.3 is 0 Å². The molecule has 1 saturated heterocycles. The molecule has 112 valence electrons. The topological polar surface area (TPSA) is 29.3 Å². The van der Waals surface area contributed by atoms with Crippen molar-refractivity contribution in [2.45, 2.75) is 57.9 Å². The molecule has 0 bridgehead atoms. The van der Waals surface area contributed by atoms with E-state index in [0.717, 1.165) is 6.54 Å². The van der Waals surface area contributed by atoms with Crippen LogP contribution in [0.2, 0.25) is 0 Å². The molecule has 0 saturated carbocycles. The van der Waals surface area contributed by atoms with Crippen molar-refractivity contribution < 1.29 is 0 Å². The Labute approximate surface area is 124 Å². The minimum atomic E-state index is 0.149. The lowest BCUT2D eigenvalue weighted by atomic mass is 9.99. The molecule has 0 spiro atoms. The van der Waals surface area contributed by atoms with Crippen LogP contribution in [0.3, 0.4) is 0 Å². The summed E-state index contributed by atoms with van der Waals surface area (Å²) in [6.45, 7) is 7.90. The zero-order chi connectivity index (χ0) is 14.4. The molecule has 1 heterocycles. The van der Waals surface area contributed by atoms with Gasteiger partial charge in [-0.15, -0.1) is 0 Å². The zero-order valence-electron chi connectivity index (χ0n) is 13.1. The summed E-state index contributed by atoms with van der Waals surface area (Å²) >= 11 is 0. The lowest BCUT2D eigenvalue weighted by molar-refractivity contribution is 0.234. The number of hydrogen-bond acceptors (Lipinski definition) is 2. The predicted molar refractivity (Wildman–Crippen MR) is 87.0 cm³/mol. The third-order valence-corrected chi connectivity index (χ3v) is 4.43. The van der Waals surface area contributed by atoms with E-state index in [4.69, 9.17) is 5.73 Å². The largest absolute Gasteiger partial charge is 0.323 e. The molecular formula is C18H30N2. The first-order valence-electron chi connectivity index (χ1n) is 8.24. The van der Waals surface area contributed by atoms with Crippen molar-refractivity contribution in [3.63, 3.8) is 0 Å². The molecule has 1 aromatic rings. The van der Waals surface area contributed by atoms with Crippen LogP contribution in [0.4, 0.5) is 0 Å². The number of rotatable bonds is 4. The monoisotopic (exact) mass is 274 g/mol. The van der Waals surface area contributed by atoms with Crippen molar-refractivity contribution in [3.8, 4) is 0 Å². The molecule has 2 heteroatoms. The number of likely N-dealkylation sites (tertiary alicyclic amines) is 1. The first kappa shape index (κ1) is 15.5. The Kier molecular flexibility index (Phi) is 6.06. The van der Waals surface area contributed by atoms with Crippen molar-refractivity contribution in [1.82, 2.24) is 4.90 Å². The van der Waals surface area contributed by atoms with E-state index < -0.39 is 0 Å². The molecule has 1 aromatic carbocycles. The van der Waals surface area contributed by atoms with Gasteiger partial charge in [-0.1, -0.05) is 57.4 Å². The van der Waals surface area contributed by atoms with E-state index in [1.807, 2.05) is 0 Å². The van der Waals surface area contributed by atoms with Gasteiger partial charge in [-0.3, -0.25) is 0 Å². The lowest BCUT2D eigenvalue weighted by Crippen LogP contribution is -2.34. The molecule has 2 N–H and O–H groups in total. The van der Waals surface area contributed by atoms with Crippen LogP contribution in [0.1, 0.15) is 69.0 Å². The van der Waals surface area contributed by atoms with Crippen LogP contribution >= 0.6 is 0 Å². The van der Waals surface area contributed by atoms with Crippen LogP contribution in [0.5, 0.6) is 0 Å². The SMILES string of the molecule is CC(C)c1ccc(C(N)CN2CCCCCCC2)cc1. The Morgan fingerprint density at radius 1 is 0.900 bits per heavy atom. The summed E-state index contributed by atoms with van der Waals surface area (Å²) in [5, 5.41) is 0. The summed E-state index contributed by atoms with van der Waals surface area (Å²) in [7, 11) is 0. The molecule has 20 heavy (non-hydrogen) atoms. The van der Waals surface area contributed by atoms with E-state index in [1.54, 1.807) is 0 Å². The minimum absolute atomic E-state index is 0.149. The summed E-state index contributed by atoms with van der Waals surface area (Å²) < 4.78 is 0. The van der Waals surface area contributed by atoms with E-state index in [-0.39, 0.29) is 6.04 Å². The van der Waals surface area contributed by atoms with Crippen LogP contribution in [-0.4, -0.2) is 24.5 Å². The van der Waals surface area contributed by atoms with Crippen LogP contribution in [0.15, 0.2) is 24.3 Å². The molecular weight excluding hydrogens is 244 g/mol. The summed E-state index contributed by atoms with van der Waals surface area (Å²) in [6, 6.07) is 9.03. The Bertz CT molecular complexity index is 375. The summed E-state index contributed by atoms with van der Waals surface area (Å²) in [6.07, 6.45) is 6.85. The van der Waals surface area contributed by atoms with Gasteiger partial charge in [0.05, 0.1) is 0 Å². The summed E-state index contributed by atoms with van der Waals surface area (Å²) in [4.78, 5) is 2.56. The molecule has 0 radical (unpaired) electrons. The lowest BCUT2D eigenvalue weighted by Gasteiger charge is -2.27. The van der Waals surface area contributed by atoms with Gasteiger partial charge in [0.1, 0.15) is 0 Å². The third-order valence-electron chi connectivity index (χ3n) is 4.43. The zero-order valence-corrected chi connectivity index (χ0v) is 13.1. The highest BCUT2D eigenvalue weighted by molar-refractivity contribution is 5.26. The standard InChI is InChI=1S/C18H30N2/c1-15(2)16-8-10-17(11-9-16)18(19)14-20-12-6-4-3-5-7-13-20/h8-11,15,18H,3-7,12-14,19H2,1-2H3. The molecule has 0 amide bonds. The molecule has 2 nitrogen and oxygen atoms in total. The van der Waals surface area contributed by atoms with Gasteiger partial charge in [0.25, 0.3) is 0 Å². The fraction of sp³-hybridized carbons (Fsp3) is 0.667. The van der Waals surface area contributed by atoms with Gasteiger partial charge in [0.15, 0.2) is 0 Å². The normalized spacial score (nSPS) is 19.6. The Morgan fingerprint density at radius 3 is 1.95 bits per heavy atom. The number of nitrogens with zero attached hydrogens (tertiary/aromatic N) is 1. The van der Waals surface area contributed by atoms with E-state index in [0.29, 0.717) is 5.92 Å². The average Bonchev–Trinajstić information content (AvgIpc) is 2.41. The van der Waals surface area contributed by atoms with Crippen molar-refractivity contribution in [2.75, 3.05) is 19.6 Å². The molecule has 1 aliphatic heterocycles. The highest BCUT2D eigenvalue weighted by atomic mass is 15.1. The first-order chi connectivity index (χ1) is 9.66. The van der Waals surface area contributed by atoms with Crippen molar-refractivity contribution in [3.05, 3.63) is 35.4 Å². The second kappa shape index (κ2) is 7.80. The smallest absolute Gasteiger partial charge is 0.0424 e. The second-order valence-electron chi connectivity index (χ2n) is 6.50. The van der Waals surface area contributed by atoms with E-state index >= 15 is 0 Å². The van der Waals surface area contributed by atoms with E-state index in [1.165, 1.54) is 56.3 Å². The van der Waals surface area contributed by atoms with Crippen LogP contribution in [0.25, 0.3) is 0 Å². The van der Waals surface area contributed by atoms with Crippen LogP contribution < -0.4 is 5.73 Å². The molecule has 1 fully saturated rings. The first-order valence-corrected chi connectivity index (χ1v) is 8.24. The van der Waals surface area contributed by atoms with Gasteiger partial charge in [-0.25, -0.2) is 0 Å². The molecule has 1 unspecified atom stereocenters. The summed E-state index contributed by atoms with van der Waals surface area (Å²) in [5.41, 5.74) is 9.07. The Morgan fingerprint density at radius 2 is 1.40 bits per heavy atom. The van der Waals surface area contributed by atoms with Gasteiger partial charge in [0.2, 0.25) is 0 Å². The van der Waals surface area contributed by atoms with Crippen molar-refractivity contribution >= 4 is 0 Å². The van der Waals surface area contributed by atoms with E-state index in [9.17, 15) is 0 Å². The maximum absolute atomic E-state index is 6.40. The average molecular weight is 274 g/mol. The minimum Gasteiger partial charge on any atom is -0.323 e. The number of nitrogens with two attached hydrogens (primary N) is 1. The van der Waals surface area contributed by atoms with Gasteiger partial charge in [-0.2, -0.15) is 0 Å². The molecule has 0 aromatic heterocycles. The number of benzene rings is 1. The van der Waals surface area contributed by atoms with Gasteiger partial charge in [-0.05, 0) is 43.0 Å². The molecule has 2 rings (SSSR count). The number of hydrogen-bond donors (Lipinski definition) is 1. The maximum Gasteiger partial charge on any atom is 0.0424 e. The highest BCUT2D eigenvalue weighted by Gasteiger charge is 2.13. The highest BCUT2D eigenvalue weighted by Crippen LogP contribution is 2.19. The summed E-state index contributed by atoms with van der Waals surface area (Å²) in [5.74, 6) is 0.592. The third kappa shape index (κ3) is 4.60. The van der Waals surface area contributed by atoms with Crippen molar-refractivity contribution in [1.29, 1.82) is 0 Å². The Hall–Kier alpha value is -0.860. The van der Waals surface area contributed by atoms with Gasteiger partial charge in [0, 0.05) is 12.6 Å². The van der Waals surface area contributed by atoms with E-state index in [2.05, 4.69) is 43.0 Å². The van der Waals surface area contributed by atoms with Crippen LogP contribution in [0, 0.1) is 0 Å². The van der Waals surface area contributed by atoms with Crippen molar-refractivity contribution in [2.24, 2.45) is 5.73 Å². The Balaban J connectivity index is 1.90. The fourth-order valence-electron chi connectivity index (χ4n) is 3.01. The molecule has 1 atom stereocenters. The van der Waals surface area contributed by atoms with Gasteiger partial charge < -0.3 is 10.6 Å².